The number of hydrogen-bond donors (Lipinski definition) is 1. The summed E-state index contributed by atoms with van der Waals surface area (Å²) >= 11 is 1.17. The number of methoxy groups -OCH3 is 2. The van der Waals surface area contributed by atoms with E-state index in [1.807, 2.05) is 6.07 Å². The maximum Gasteiger partial charge on any atom is 0.338 e. The average Bonchev–Trinajstić information content (AvgIpc) is 3.01. The summed E-state index contributed by atoms with van der Waals surface area (Å²) in [7, 11) is 3.06. The van der Waals surface area contributed by atoms with Crippen molar-refractivity contribution in [2.75, 3.05) is 20.8 Å². The Morgan fingerprint density at radius 2 is 2.14 bits per heavy atom. The van der Waals surface area contributed by atoms with Gasteiger partial charge in [0, 0.05) is 5.56 Å². The van der Waals surface area contributed by atoms with Crippen molar-refractivity contribution in [3.05, 3.63) is 45.8 Å². The highest BCUT2D eigenvalue weighted by atomic mass is 32.2. The van der Waals surface area contributed by atoms with Crippen LogP contribution in [0, 0.1) is 11.3 Å². The largest absolute Gasteiger partial charge is 0.493 e. The minimum atomic E-state index is -0.671. The summed E-state index contributed by atoms with van der Waals surface area (Å²) in [5.41, 5.74) is 7.73. The van der Waals surface area contributed by atoms with Crippen LogP contribution in [-0.2, 0) is 9.53 Å². The lowest BCUT2D eigenvalue weighted by Crippen LogP contribution is -2.39. The van der Waals surface area contributed by atoms with Crippen LogP contribution in [0.2, 0.25) is 0 Å². The first-order valence-corrected chi connectivity index (χ1v) is 9.34. The van der Waals surface area contributed by atoms with E-state index < -0.39 is 12.0 Å². The van der Waals surface area contributed by atoms with Gasteiger partial charge in [0.15, 0.2) is 16.7 Å². The Morgan fingerprint density at radius 3 is 2.75 bits per heavy atom. The Labute approximate surface area is 167 Å². The average molecular weight is 400 g/mol. The number of benzene rings is 1. The number of ether oxygens (including phenoxy) is 3. The predicted molar refractivity (Wildman–Crippen MR) is 105 cm³/mol. The van der Waals surface area contributed by atoms with Crippen molar-refractivity contribution in [2.45, 2.75) is 19.9 Å². The number of rotatable bonds is 5. The van der Waals surface area contributed by atoms with E-state index in [0.29, 0.717) is 38.4 Å². The summed E-state index contributed by atoms with van der Waals surface area (Å²) in [5.74, 6) is 0.713. The molecule has 2 N–H and O–H groups in total. The quantitative estimate of drug-likeness (QED) is 0.751. The van der Waals surface area contributed by atoms with Crippen LogP contribution in [0.5, 0.6) is 11.5 Å². The van der Waals surface area contributed by atoms with Gasteiger partial charge in [-0.05, 0) is 31.7 Å². The molecule has 0 fully saturated rings. The van der Waals surface area contributed by atoms with Gasteiger partial charge in [-0.1, -0.05) is 12.1 Å². The van der Waals surface area contributed by atoms with Crippen molar-refractivity contribution in [2.24, 2.45) is 10.7 Å². The first-order valence-electron chi connectivity index (χ1n) is 8.52. The summed E-state index contributed by atoms with van der Waals surface area (Å²) in [5, 5.41) is 9.93. The fourth-order valence-electron chi connectivity index (χ4n) is 3.23. The van der Waals surface area contributed by atoms with E-state index >= 15 is 0 Å². The van der Waals surface area contributed by atoms with Crippen LogP contribution in [0.4, 0.5) is 0 Å². The van der Waals surface area contributed by atoms with Crippen molar-refractivity contribution >= 4 is 22.9 Å². The molecule has 2 heterocycles. The number of para-hydroxylation sites is 1. The van der Waals surface area contributed by atoms with Crippen molar-refractivity contribution in [1.82, 2.24) is 4.90 Å². The number of aliphatic imine (C=N–C) groups is 1. The lowest BCUT2D eigenvalue weighted by Gasteiger charge is -2.35. The third-order valence-corrected chi connectivity index (χ3v) is 5.38. The molecule has 0 saturated heterocycles. The van der Waals surface area contributed by atoms with Crippen LogP contribution in [0.15, 0.2) is 45.2 Å². The lowest BCUT2D eigenvalue weighted by molar-refractivity contribution is -0.139. The van der Waals surface area contributed by atoms with Crippen LogP contribution >= 0.6 is 11.8 Å². The maximum absolute atomic E-state index is 12.8. The van der Waals surface area contributed by atoms with E-state index in [-0.39, 0.29) is 12.4 Å². The number of amidine groups is 1. The summed E-state index contributed by atoms with van der Waals surface area (Å²) in [6.45, 7) is 3.69. The van der Waals surface area contributed by atoms with Gasteiger partial charge in [0.2, 0.25) is 0 Å². The number of hydrogen-bond acceptors (Lipinski definition) is 9. The minimum absolute atomic E-state index is 0.220. The molecule has 0 aromatic heterocycles. The first kappa shape index (κ1) is 19.6. The summed E-state index contributed by atoms with van der Waals surface area (Å²) in [4.78, 5) is 19.3. The van der Waals surface area contributed by atoms with Gasteiger partial charge in [-0.25, -0.2) is 9.79 Å². The SMILES string of the molecule is CCOC(=O)C1=C(C)N=C2SC(C#N)=C(N)N2[C@H]1c1cccc(OC)c1OC. The fraction of sp³-hybridized carbons (Fsp3) is 0.316. The molecule has 146 valence electrons. The molecule has 3 rings (SSSR count). The lowest BCUT2D eigenvalue weighted by atomic mass is 9.93. The second-order valence-corrected chi connectivity index (χ2v) is 6.87. The number of thioether (sulfide) groups is 1. The number of fused-ring (bicyclic) bond motifs is 1. The smallest absolute Gasteiger partial charge is 0.338 e. The molecule has 28 heavy (non-hydrogen) atoms. The molecule has 2 aliphatic heterocycles. The Balaban J connectivity index is 2.27. The molecular weight excluding hydrogens is 380 g/mol. The molecule has 8 nitrogen and oxygen atoms in total. The molecule has 1 atom stereocenters. The Hall–Kier alpha value is -3.12. The zero-order chi connectivity index (χ0) is 20.4. The Kier molecular flexibility index (Phi) is 5.51. The molecule has 0 bridgehead atoms. The second kappa shape index (κ2) is 7.86. The van der Waals surface area contributed by atoms with E-state index in [4.69, 9.17) is 19.9 Å². The molecule has 1 aromatic carbocycles. The molecule has 0 saturated carbocycles. The normalized spacial score (nSPS) is 18.5. The number of allylic oxidation sites excluding steroid dienone is 2. The third kappa shape index (κ3) is 3.05. The van der Waals surface area contributed by atoms with Gasteiger partial charge >= 0.3 is 5.97 Å². The van der Waals surface area contributed by atoms with E-state index in [2.05, 4.69) is 11.1 Å². The number of nitriles is 1. The van der Waals surface area contributed by atoms with Crippen molar-refractivity contribution in [1.29, 1.82) is 5.26 Å². The van der Waals surface area contributed by atoms with Crippen LogP contribution in [0.25, 0.3) is 0 Å². The molecule has 1 aromatic rings. The first-order chi connectivity index (χ1) is 13.5. The fourth-order valence-corrected chi connectivity index (χ4v) is 4.15. The summed E-state index contributed by atoms with van der Waals surface area (Å²) in [6, 6.07) is 6.80. The number of nitrogens with two attached hydrogens (primary N) is 1. The van der Waals surface area contributed by atoms with E-state index in [0.717, 1.165) is 0 Å². The molecule has 0 amide bonds. The molecule has 0 radical (unpaired) electrons. The molecule has 0 aliphatic carbocycles. The second-order valence-electron chi connectivity index (χ2n) is 5.90. The predicted octanol–water partition coefficient (Wildman–Crippen LogP) is 2.65. The van der Waals surface area contributed by atoms with E-state index in [1.54, 1.807) is 30.9 Å². The zero-order valence-corrected chi connectivity index (χ0v) is 16.8. The van der Waals surface area contributed by atoms with Gasteiger partial charge in [0.05, 0.1) is 32.1 Å². The summed E-state index contributed by atoms with van der Waals surface area (Å²) < 4.78 is 16.3. The number of carbonyl (C=O) groups is 1. The Bertz CT molecular complexity index is 961. The molecule has 9 heteroatoms. The number of nitrogens with zero attached hydrogens (tertiary/aromatic N) is 3. The Morgan fingerprint density at radius 1 is 1.39 bits per heavy atom. The topological polar surface area (TPSA) is 110 Å². The number of carbonyl (C=O) groups excluding carboxylic acids is 1. The van der Waals surface area contributed by atoms with E-state index in [9.17, 15) is 10.1 Å². The van der Waals surface area contributed by atoms with Crippen molar-refractivity contribution in [3.8, 4) is 17.6 Å². The highest BCUT2D eigenvalue weighted by molar-refractivity contribution is 8.17. The minimum Gasteiger partial charge on any atom is -0.493 e. The van der Waals surface area contributed by atoms with Crippen LogP contribution in [0.3, 0.4) is 0 Å². The van der Waals surface area contributed by atoms with Gasteiger partial charge in [-0.2, -0.15) is 5.26 Å². The summed E-state index contributed by atoms with van der Waals surface area (Å²) in [6.07, 6.45) is 0. The van der Waals surface area contributed by atoms with Crippen LogP contribution in [-0.4, -0.2) is 36.9 Å². The standard InChI is InChI=1S/C19H20N4O4S/c1-5-27-18(24)14-10(2)22-19-23(17(21)13(9-20)28-19)15(14)11-7-6-8-12(25-3)16(11)26-4/h6-8,15H,5,21H2,1-4H3/t15-/m0/s1. The van der Waals surface area contributed by atoms with Gasteiger partial charge in [0.25, 0.3) is 0 Å². The molecule has 2 aliphatic rings. The number of esters is 1. The van der Waals surface area contributed by atoms with Gasteiger partial charge < -0.3 is 19.9 Å². The molecular formula is C19H20N4O4S. The monoisotopic (exact) mass is 400 g/mol. The van der Waals surface area contributed by atoms with Gasteiger partial charge in [-0.15, -0.1) is 0 Å². The maximum atomic E-state index is 12.8. The zero-order valence-electron chi connectivity index (χ0n) is 16.0. The third-order valence-electron chi connectivity index (χ3n) is 4.40. The van der Waals surface area contributed by atoms with Crippen molar-refractivity contribution in [3.63, 3.8) is 0 Å². The van der Waals surface area contributed by atoms with Gasteiger partial charge in [0.1, 0.15) is 22.8 Å². The van der Waals surface area contributed by atoms with Crippen LogP contribution in [0.1, 0.15) is 25.5 Å². The highest BCUT2D eigenvalue weighted by Crippen LogP contribution is 2.48. The highest BCUT2D eigenvalue weighted by Gasteiger charge is 2.44. The molecule has 0 unspecified atom stereocenters. The van der Waals surface area contributed by atoms with E-state index in [1.165, 1.54) is 26.0 Å². The van der Waals surface area contributed by atoms with Gasteiger partial charge in [-0.3, -0.25) is 4.90 Å². The van der Waals surface area contributed by atoms with Crippen LogP contribution < -0.4 is 15.2 Å². The van der Waals surface area contributed by atoms with Crippen molar-refractivity contribution < 1.29 is 19.0 Å². The molecule has 0 spiro atoms.